The van der Waals surface area contributed by atoms with E-state index in [1.54, 1.807) is 26.0 Å². The molecule has 21 heavy (non-hydrogen) atoms. The Bertz CT molecular complexity index is 631. The van der Waals surface area contributed by atoms with Crippen LogP contribution in [0.1, 0.15) is 24.2 Å². The Balaban J connectivity index is 3.10. The van der Waals surface area contributed by atoms with Crippen molar-refractivity contribution in [3.63, 3.8) is 0 Å². The molecular formula is C13H17Br2NO4S. The van der Waals surface area contributed by atoms with Crippen molar-refractivity contribution in [2.24, 2.45) is 0 Å². The largest absolute Gasteiger partial charge is 0.465 e. The summed E-state index contributed by atoms with van der Waals surface area (Å²) < 4.78 is 29.4. The normalized spacial score (nSPS) is 12.8. The standard InChI is InChI=1S/C13H17Br2NO4S/c1-4-21(18,19)7-8(2)16-12-10(13(17)20-3)5-9(14)6-11(12)15/h5-6,8,16H,4,7H2,1-3H3. The van der Waals surface area contributed by atoms with Gasteiger partial charge in [0.1, 0.15) is 0 Å². The Hall–Kier alpha value is -0.600. The number of esters is 1. The smallest absolute Gasteiger partial charge is 0.340 e. The summed E-state index contributed by atoms with van der Waals surface area (Å²) in [5, 5.41) is 3.06. The van der Waals surface area contributed by atoms with Crippen LogP contribution in [0.25, 0.3) is 0 Å². The van der Waals surface area contributed by atoms with Gasteiger partial charge in [-0.25, -0.2) is 13.2 Å². The molecule has 0 bridgehead atoms. The molecule has 0 saturated heterocycles. The first-order valence-electron chi connectivity index (χ1n) is 6.24. The Morgan fingerprint density at radius 1 is 1.38 bits per heavy atom. The molecule has 118 valence electrons. The van der Waals surface area contributed by atoms with Crippen LogP contribution in [0.2, 0.25) is 0 Å². The van der Waals surface area contributed by atoms with Crippen molar-refractivity contribution >= 4 is 53.4 Å². The monoisotopic (exact) mass is 441 g/mol. The summed E-state index contributed by atoms with van der Waals surface area (Å²) in [7, 11) is -1.80. The lowest BCUT2D eigenvalue weighted by Gasteiger charge is -2.19. The minimum atomic E-state index is -3.10. The van der Waals surface area contributed by atoms with Crippen LogP contribution in [-0.2, 0) is 14.6 Å². The number of carbonyl (C=O) groups excluding carboxylic acids is 1. The zero-order valence-corrected chi connectivity index (χ0v) is 15.9. The molecule has 0 aliphatic rings. The first-order chi connectivity index (χ1) is 9.70. The molecule has 0 radical (unpaired) electrons. The van der Waals surface area contributed by atoms with Gasteiger partial charge in [-0.2, -0.15) is 0 Å². The van der Waals surface area contributed by atoms with Gasteiger partial charge in [-0.05, 0) is 35.0 Å². The van der Waals surface area contributed by atoms with Gasteiger partial charge in [0.25, 0.3) is 0 Å². The molecule has 0 heterocycles. The van der Waals surface area contributed by atoms with Gasteiger partial charge in [0, 0.05) is 20.7 Å². The number of benzene rings is 1. The minimum Gasteiger partial charge on any atom is -0.465 e. The third kappa shape index (κ3) is 5.27. The molecule has 0 saturated carbocycles. The van der Waals surface area contributed by atoms with Gasteiger partial charge in [0.2, 0.25) is 0 Å². The fraction of sp³-hybridized carbons (Fsp3) is 0.462. The molecule has 1 rings (SSSR count). The SMILES string of the molecule is CCS(=O)(=O)CC(C)Nc1c(Br)cc(Br)cc1C(=O)OC. The van der Waals surface area contributed by atoms with Crippen LogP contribution in [0.3, 0.4) is 0 Å². The molecule has 1 aromatic rings. The predicted octanol–water partition coefficient (Wildman–Crippen LogP) is 3.23. The number of sulfone groups is 1. The summed E-state index contributed by atoms with van der Waals surface area (Å²) in [5.41, 5.74) is 0.850. The summed E-state index contributed by atoms with van der Waals surface area (Å²) in [4.78, 5) is 11.8. The molecule has 0 aliphatic heterocycles. The van der Waals surface area contributed by atoms with Crippen molar-refractivity contribution in [3.05, 3.63) is 26.6 Å². The molecule has 8 heteroatoms. The number of ether oxygens (including phenoxy) is 1. The first-order valence-corrected chi connectivity index (χ1v) is 9.65. The highest BCUT2D eigenvalue weighted by atomic mass is 79.9. The number of methoxy groups -OCH3 is 1. The third-order valence-corrected chi connectivity index (χ3v) is 5.77. The van der Waals surface area contributed by atoms with Crippen molar-refractivity contribution in [1.82, 2.24) is 0 Å². The first kappa shape index (κ1) is 18.4. The summed E-state index contributed by atoms with van der Waals surface area (Å²) in [6.07, 6.45) is 0. The molecular weight excluding hydrogens is 426 g/mol. The molecule has 0 amide bonds. The average molecular weight is 443 g/mol. The van der Waals surface area contributed by atoms with Gasteiger partial charge in [-0.15, -0.1) is 0 Å². The lowest BCUT2D eigenvalue weighted by Crippen LogP contribution is -2.27. The van der Waals surface area contributed by atoms with Gasteiger partial charge in [0.05, 0.1) is 24.1 Å². The molecule has 1 aromatic carbocycles. The quantitative estimate of drug-likeness (QED) is 0.684. The zero-order valence-electron chi connectivity index (χ0n) is 11.9. The number of nitrogens with one attached hydrogen (secondary N) is 1. The maximum atomic E-state index is 11.8. The summed E-state index contributed by atoms with van der Waals surface area (Å²) in [6, 6.07) is 3.06. The average Bonchev–Trinajstić information content (AvgIpc) is 2.40. The second kappa shape index (κ2) is 7.60. The van der Waals surface area contributed by atoms with Crippen LogP contribution >= 0.6 is 31.9 Å². The van der Waals surface area contributed by atoms with Gasteiger partial charge in [-0.1, -0.05) is 22.9 Å². The Morgan fingerprint density at radius 2 is 2.00 bits per heavy atom. The molecule has 0 aromatic heterocycles. The maximum Gasteiger partial charge on any atom is 0.340 e. The molecule has 1 N–H and O–H groups in total. The number of carbonyl (C=O) groups is 1. The number of anilines is 1. The van der Waals surface area contributed by atoms with E-state index >= 15 is 0 Å². The minimum absolute atomic E-state index is 0.00732. The van der Waals surface area contributed by atoms with Crippen LogP contribution < -0.4 is 5.32 Å². The van der Waals surface area contributed by atoms with Crippen molar-refractivity contribution in [2.75, 3.05) is 23.9 Å². The molecule has 0 fully saturated rings. The van der Waals surface area contributed by atoms with E-state index in [0.717, 1.165) is 0 Å². The highest BCUT2D eigenvalue weighted by molar-refractivity contribution is 9.11. The number of hydrogen-bond acceptors (Lipinski definition) is 5. The molecule has 1 unspecified atom stereocenters. The predicted molar refractivity (Wildman–Crippen MR) is 90.6 cm³/mol. The second-order valence-corrected chi connectivity index (χ2v) is 8.71. The van der Waals surface area contributed by atoms with E-state index < -0.39 is 15.8 Å². The third-order valence-electron chi connectivity index (χ3n) is 2.79. The van der Waals surface area contributed by atoms with Crippen molar-refractivity contribution < 1.29 is 17.9 Å². The highest BCUT2D eigenvalue weighted by Crippen LogP contribution is 2.32. The topological polar surface area (TPSA) is 72.5 Å². The zero-order chi connectivity index (χ0) is 16.2. The van der Waals surface area contributed by atoms with Crippen molar-refractivity contribution in [1.29, 1.82) is 0 Å². The lowest BCUT2D eigenvalue weighted by molar-refractivity contribution is 0.0601. The number of rotatable bonds is 6. The van der Waals surface area contributed by atoms with E-state index in [0.29, 0.717) is 20.2 Å². The number of hydrogen-bond donors (Lipinski definition) is 1. The maximum absolute atomic E-state index is 11.8. The van der Waals surface area contributed by atoms with Gasteiger partial charge in [0.15, 0.2) is 9.84 Å². The van der Waals surface area contributed by atoms with Crippen molar-refractivity contribution in [3.8, 4) is 0 Å². The van der Waals surface area contributed by atoms with E-state index in [1.165, 1.54) is 7.11 Å². The second-order valence-electron chi connectivity index (χ2n) is 4.55. The fourth-order valence-electron chi connectivity index (χ4n) is 1.78. The van der Waals surface area contributed by atoms with Crippen LogP contribution in [0, 0.1) is 0 Å². The van der Waals surface area contributed by atoms with E-state index in [2.05, 4.69) is 37.2 Å². The Labute approximate surface area is 141 Å². The molecule has 0 aliphatic carbocycles. The van der Waals surface area contributed by atoms with E-state index in [1.807, 2.05) is 0 Å². The lowest BCUT2D eigenvalue weighted by atomic mass is 10.1. The summed E-state index contributed by atoms with van der Waals surface area (Å²) >= 11 is 6.68. The summed E-state index contributed by atoms with van der Waals surface area (Å²) in [5.74, 6) is -0.415. The van der Waals surface area contributed by atoms with Gasteiger partial charge in [-0.3, -0.25) is 0 Å². The Kier molecular flexibility index (Phi) is 6.68. The van der Waals surface area contributed by atoms with Crippen LogP contribution in [-0.4, -0.2) is 39.0 Å². The van der Waals surface area contributed by atoms with Gasteiger partial charge < -0.3 is 10.1 Å². The molecule has 1 atom stereocenters. The van der Waals surface area contributed by atoms with E-state index in [9.17, 15) is 13.2 Å². The van der Waals surface area contributed by atoms with Crippen LogP contribution in [0.15, 0.2) is 21.1 Å². The summed E-state index contributed by atoms with van der Waals surface area (Å²) in [6.45, 7) is 3.36. The van der Waals surface area contributed by atoms with E-state index in [-0.39, 0.29) is 17.5 Å². The molecule has 5 nitrogen and oxygen atoms in total. The van der Waals surface area contributed by atoms with E-state index in [4.69, 9.17) is 4.74 Å². The molecule has 0 spiro atoms. The number of halogens is 2. The van der Waals surface area contributed by atoms with Gasteiger partial charge >= 0.3 is 5.97 Å². The highest BCUT2D eigenvalue weighted by Gasteiger charge is 2.20. The fourth-order valence-corrected chi connectivity index (χ4v) is 4.20. The van der Waals surface area contributed by atoms with Crippen LogP contribution in [0.5, 0.6) is 0 Å². The Morgan fingerprint density at radius 3 is 2.52 bits per heavy atom. The van der Waals surface area contributed by atoms with Crippen LogP contribution in [0.4, 0.5) is 5.69 Å². The van der Waals surface area contributed by atoms with Crippen molar-refractivity contribution in [2.45, 2.75) is 19.9 Å².